The Bertz CT molecular complexity index is 598. The van der Waals surface area contributed by atoms with Gasteiger partial charge in [0.1, 0.15) is 0 Å². The summed E-state index contributed by atoms with van der Waals surface area (Å²) in [6, 6.07) is 15.5. The van der Waals surface area contributed by atoms with Crippen molar-refractivity contribution in [1.29, 1.82) is 0 Å². The summed E-state index contributed by atoms with van der Waals surface area (Å²) in [7, 11) is 2.16. The van der Waals surface area contributed by atoms with Gasteiger partial charge in [0.15, 0.2) is 0 Å². The Balaban J connectivity index is 2.13. The molecule has 0 saturated carbocycles. The van der Waals surface area contributed by atoms with Gasteiger partial charge in [-0.1, -0.05) is 57.2 Å². The maximum Gasteiger partial charge on any atom is 0.0424 e. The SMILES string of the molecule is CC(N(C)CC(N)c1ccc2ccccc2c1)C(C)(C)C. The normalized spacial score (nSPS) is 15.4. The van der Waals surface area contributed by atoms with Gasteiger partial charge in [0.2, 0.25) is 0 Å². The Kier molecular flexibility index (Phi) is 4.70. The fourth-order valence-corrected chi connectivity index (χ4v) is 2.67. The summed E-state index contributed by atoms with van der Waals surface area (Å²) in [5.41, 5.74) is 7.90. The van der Waals surface area contributed by atoms with Crippen LogP contribution < -0.4 is 5.73 Å². The Morgan fingerprint density at radius 1 is 1.05 bits per heavy atom. The number of nitrogens with two attached hydrogens (primary N) is 1. The van der Waals surface area contributed by atoms with Crippen LogP contribution in [0.25, 0.3) is 10.8 Å². The van der Waals surface area contributed by atoms with E-state index in [1.54, 1.807) is 0 Å². The molecule has 0 radical (unpaired) electrons. The average Bonchev–Trinajstić information content (AvgIpc) is 2.44. The molecular weight excluding hydrogens is 256 g/mol. The van der Waals surface area contributed by atoms with Gasteiger partial charge in [-0.3, -0.25) is 0 Å². The Hall–Kier alpha value is -1.38. The topological polar surface area (TPSA) is 29.3 Å². The number of hydrogen-bond donors (Lipinski definition) is 1. The number of nitrogens with zero attached hydrogens (tertiary/aromatic N) is 1. The fraction of sp³-hybridized carbons (Fsp3) is 0.474. The smallest absolute Gasteiger partial charge is 0.0424 e. The zero-order valence-corrected chi connectivity index (χ0v) is 13.9. The van der Waals surface area contributed by atoms with E-state index in [9.17, 15) is 0 Å². The van der Waals surface area contributed by atoms with Gasteiger partial charge in [-0.05, 0) is 41.8 Å². The van der Waals surface area contributed by atoms with Crippen molar-refractivity contribution in [2.75, 3.05) is 13.6 Å². The van der Waals surface area contributed by atoms with Crippen molar-refractivity contribution in [3.05, 3.63) is 48.0 Å². The van der Waals surface area contributed by atoms with Gasteiger partial charge in [-0.2, -0.15) is 0 Å². The molecule has 2 N–H and O–H groups in total. The predicted molar refractivity (Wildman–Crippen MR) is 92.4 cm³/mol. The molecule has 2 aromatic carbocycles. The minimum absolute atomic E-state index is 0.0457. The van der Waals surface area contributed by atoms with Crippen molar-refractivity contribution >= 4 is 10.8 Å². The lowest BCUT2D eigenvalue weighted by Crippen LogP contribution is -2.42. The van der Waals surface area contributed by atoms with Crippen molar-refractivity contribution in [1.82, 2.24) is 4.90 Å². The van der Waals surface area contributed by atoms with Crippen LogP contribution in [0.3, 0.4) is 0 Å². The van der Waals surface area contributed by atoms with Gasteiger partial charge in [0, 0.05) is 18.6 Å². The first kappa shape index (κ1) is 16.0. The molecule has 0 heterocycles. The van der Waals surface area contributed by atoms with Crippen LogP contribution in [0.4, 0.5) is 0 Å². The van der Waals surface area contributed by atoms with Crippen LogP contribution in [0.1, 0.15) is 39.3 Å². The molecule has 0 bridgehead atoms. The number of fused-ring (bicyclic) bond motifs is 1. The van der Waals surface area contributed by atoms with E-state index in [4.69, 9.17) is 5.73 Å². The third-order valence-electron chi connectivity index (χ3n) is 4.60. The quantitative estimate of drug-likeness (QED) is 0.911. The summed E-state index contributed by atoms with van der Waals surface area (Å²) < 4.78 is 0. The molecule has 2 nitrogen and oxygen atoms in total. The van der Waals surface area contributed by atoms with Gasteiger partial charge >= 0.3 is 0 Å². The number of hydrogen-bond acceptors (Lipinski definition) is 2. The molecule has 0 amide bonds. The molecule has 0 fully saturated rings. The van der Waals surface area contributed by atoms with Crippen LogP contribution in [0.2, 0.25) is 0 Å². The van der Waals surface area contributed by atoms with Crippen molar-refractivity contribution < 1.29 is 0 Å². The zero-order valence-electron chi connectivity index (χ0n) is 13.9. The molecule has 2 aromatic rings. The van der Waals surface area contributed by atoms with Crippen molar-refractivity contribution in [3.63, 3.8) is 0 Å². The maximum atomic E-state index is 6.43. The molecule has 0 aliphatic carbocycles. The maximum absolute atomic E-state index is 6.43. The van der Waals surface area contributed by atoms with Crippen molar-refractivity contribution in [2.24, 2.45) is 11.1 Å². The second kappa shape index (κ2) is 6.17. The summed E-state index contributed by atoms with van der Waals surface area (Å²) in [6.45, 7) is 9.96. The first-order valence-corrected chi connectivity index (χ1v) is 7.73. The van der Waals surface area contributed by atoms with Gasteiger partial charge < -0.3 is 10.6 Å². The van der Waals surface area contributed by atoms with E-state index in [0.717, 1.165) is 6.54 Å². The summed E-state index contributed by atoms with van der Waals surface area (Å²) >= 11 is 0. The standard InChI is InChI=1S/C19H28N2/c1-14(19(2,3)4)21(5)13-18(20)17-11-10-15-8-6-7-9-16(15)12-17/h6-12,14,18H,13,20H2,1-5H3. The highest BCUT2D eigenvalue weighted by atomic mass is 15.1. The summed E-state index contributed by atoms with van der Waals surface area (Å²) in [5.74, 6) is 0. The number of benzene rings is 2. The van der Waals surface area contributed by atoms with E-state index >= 15 is 0 Å². The van der Waals surface area contributed by atoms with Gasteiger partial charge in [0.25, 0.3) is 0 Å². The molecule has 114 valence electrons. The average molecular weight is 284 g/mol. The van der Waals surface area contributed by atoms with Crippen LogP contribution in [-0.4, -0.2) is 24.5 Å². The highest BCUT2D eigenvalue weighted by molar-refractivity contribution is 5.83. The van der Waals surface area contributed by atoms with E-state index in [1.165, 1.54) is 16.3 Å². The van der Waals surface area contributed by atoms with Gasteiger partial charge in [-0.15, -0.1) is 0 Å². The molecule has 0 saturated heterocycles. The van der Waals surface area contributed by atoms with E-state index in [0.29, 0.717) is 6.04 Å². The Morgan fingerprint density at radius 2 is 1.67 bits per heavy atom. The summed E-state index contributed by atoms with van der Waals surface area (Å²) in [4.78, 5) is 2.36. The van der Waals surface area contributed by atoms with Crippen LogP contribution >= 0.6 is 0 Å². The first-order valence-electron chi connectivity index (χ1n) is 7.73. The third-order valence-corrected chi connectivity index (χ3v) is 4.60. The Morgan fingerprint density at radius 3 is 2.29 bits per heavy atom. The lowest BCUT2D eigenvalue weighted by Gasteiger charge is -2.36. The number of rotatable bonds is 4. The van der Waals surface area contributed by atoms with Gasteiger partial charge in [0.05, 0.1) is 0 Å². The Labute approximate surface area is 128 Å². The lowest BCUT2D eigenvalue weighted by atomic mass is 9.87. The molecule has 0 aliphatic rings. The molecule has 2 unspecified atom stereocenters. The monoisotopic (exact) mass is 284 g/mol. The molecule has 2 atom stereocenters. The summed E-state index contributed by atoms with van der Waals surface area (Å²) in [5, 5.41) is 2.53. The molecule has 21 heavy (non-hydrogen) atoms. The molecule has 0 aliphatic heterocycles. The highest BCUT2D eigenvalue weighted by Gasteiger charge is 2.25. The molecular formula is C19H28N2. The van der Waals surface area contributed by atoms with Crippen LogP contribution in [-0.2, 0) is 0 Å². The molecule has 2 rings (SSSR count). The van der Waals surface area contributed by atoms with E-state index in [-0.39, 0.29) is 11.5 Å². The molecule has 2 heteroatoms. The molecule has 0 spiro atoms. The van der Waals surface area contributed by atoms with Crippen LogP contribution in [0.5, 0.6) is 0 Å². The minimum atomic E-state index is 0.0457. The van der Waals surface area contributed by atoms with E-state index in [2.05, 4.69) is 82.1 Å². The lowest BCUT2D eigenvalue weighted by molar-refractivity contribution is 0.134. The minimum Gasteiger partial charge on any atom is -0.323 e. The number of likely N-dealkylation sites (N-methyl/N-ethyl adjacent to an activating group) is 1. The zero-order chi connectivity index (χ0) is 15.6. The van der Waals surface area contributed by atoms with E-state index in [1.807, 2.05) is 0 Å². The molecule has 0 aromatic heterocycles. The first-order chi connectivity index (χ1) is 9.79. The van der Waals surface area contributed by atoms with Crippen LogP contribution in [0.15, 0.2) is 42.5 Å². The predicted octanol–water partition coefficient (Wildman–Crippen LogP) is 4.21. The van der Waals surface area contributed by atoms with Crippen molar-refractivity contribution in [3.8, 4) is 0 Å². The van der Waals surface area contributed by atoms with E-state index < -0.39 is 0 Å². The largest absolute Gasteiger partial charge is 0.323 e. The second-order valence-electron chi connectivity index (χ2n) is 7.19. The highest BCUT2D eigenvalue weighted by Crippen LogP contribution is 2.25. The second-order valence-corrected chi connectivity index (χ2v) is 7.19. The van der Waals surface area contributed by atoms with Gasteiger partial charge in [-0.25, -0.2) is 0 Å². The fourth-order valence-electron chi connectivity index (χ4n) is 2.67. The summed E-state index contributed by atoms with van der Waals surface area (Å²) in [6.07, 6.45) is 0. The van der Waals surface area contributed by atoms with Crippen LogP contribution in [0, 0.1) is 5.41 Å². The van der Waals surface area contributed by atoms with Crippen molar-refractivity contribution in [2.45, 2.75) is 39.8 Å². The third kappa shape index (κ3) is 3.84.